The second-order valence-corrected chi connectivity index (χ2v) is 6.00. The predicted octanol–water partition coefficient (Wildman–Crippen LogP) is 2.09. The summed E-state index contributed by atoms with van der Waals surface area (Å²) >= 11 is 6.17. The van der Waals surface area contributed by atoms with Gasteiger partial charge in [0.2, 0.25) is 0 Å². The lowest BCUT2D eigenvalue weighted by atomic mass is 10.0. The zero-order chi connectivity index (χ0) is 16.7. The molecule has 23 heavy (non-hydrogen) atoms. The molecule has 2 heterocycles. The molecule has 1 amide bonds. The van der Waals surface area contributed by atoms with Crippen LogP contribution in [0.25, 0.3) is 5.70 Å². The number of amides is 1. The molecule has 120 valence electrons. The summed E-state index contributed by atoms with van der Waals surface area (Å²) in [6.45, 7) is 0. The van der Waals surface area contributed by atoms with E-state index >= 15 is 0 Å². The number of benzene rings is 1. The maximum absolute atomic E-state index is 11.6. The molecule has 3 rings (SSSR count). The average Bonchev–Trinajstić information content (AvgIpc) is 3.05. The van der Waals surface area contributed by atoms with E-state index in [2.05, 4.69) is 10.6 Å². The lowest BCUT2D eigenvalue weighted by Crippen LogP contribution is -2.19. The van der Waals surface area contributed by atoms with Crippen LogP contribution < -0.4 is 24.8 Å². The first-order valence-corrected chi connectivity index (χ1v) is 7.71. The third kappa shape index (κ3) is 2.32. The van der Waals surface area contributed by atoms with E-state index in [0.717, 1.165) is 11.8 Å². The van der Waals surface area contributed by atoms with Crippen LogP contribution in [0.2, 0.25) is 0 Å². The van der Waals surface area contributed by atoms with Gasteiger partial charge in [-0.3, -0.25) is 10.2 Å². The van der Waals surface area contributed by atoms with Gasteiger partial charge in [-0.2, -0.15) is 0 Å². The molecule has 0 aromatic heterocycles. The van der Waals surface area contributed by atoms with Gasteiger partial charge in [-0.05, 0) is 11.8 Å². The first kappa shape index (κ1) is 15.6. The molecule has 3 N–H and O–H groups in total. The van der Waals surface area contributed by atoms with Crippen molar-refractivity contribution in [3.05, 3.63) is 22.1 Å². The zero-order valence-electron chi connectivity index (χ0n) is 12.5. The maximum Gasteiger partial charge on any atom is 0.289 e. The standard InChI is InChI=1S/C14H13N3O4S2/c1-19-5-4-6(20-2)10(21-3)8-7(5)12(15)16-9(8)11-13(22)17-14(18)23-11/h4H,1-3H3,(H2,15,16)(H,17,18,22)/b11-9+. The van der Waals surface area contributed by atoms with Crippen molar-refractivity contribution in [3.8, 4) is 17.2 Å². The summed E-state index contributed by atoms with van der Waals surface area (Å²) in [6, 6.07) is 1.66. The molecular formula is C14H13N3O4S2. The molecule has 0 aliphatic carbocycles. The lowest BCUT2D eigenvalue weighted by molar-refractivity contribution is 0.265. The SMILES string of the molecule is COc1cc(OC)c2c(c1OC)/C(=C1\SC(=O)NC1=S)NC2=N. The number of ether oxygens (including phenoxy) is 3. The van der Waals surface area contributed by atoms with Gasteiger partial charge in [0.1, 0.15) is 16.6 Å². The number of hydrogen-bond donors (Lipinski definition) is 3. The van der Waals surface area contributed by atoms with Crippen molar-refractivity contribution >= 4 is 45.7 Å². The van der Waals surface area contributed by atoms with E-state index in [1.54, 1.807) is 6.07 Å². The maximum atomic E-state index is 11.6. The molecule has 2 aliphatic heterocycles. The van der Waals surface area contributed by atoms with Crippen LogP contribution in [0.1, 0.15) is 11.1 Å². The molecule has 0 radical (unpaired) electrons. The van der Waals surface area contributed by atoms with Crippen LogP contribution >= 0.6 is 24.0 Å². The third-order valence-corrected chi connectivity index (χ3v) is 4.78. The van der Waals surface area contributed by atoms with Gasteiger partial charge in [-0.15, -0.1) is 0 Å². The van der Waals surface area contributed by atoms with Gasteiger partial charge in [-0.1, -0.05) is 12.2 Å². The molecular weight excluding hydrogens is 338 g/mol. The average molecular weight is 351 g/mol. The Morgan fingerprint density at radius 3 is 2.30 bits per heavy atom. The molecule has 7 nitrogen and oxygen atoms in total. The second kappa shape index (κ2) is 5.74. The minimum absolute atomic E-state index is 0.142. The highest BCUT2D eigenvalue weighted by molar-refractivity contribution is 8.19. The van der Waals surface area contributed by atoms with Crippen LogP contribution in [-0.4, -0.2) is 37.4 Å². The summed E-state index contributed by atoms with van der Waals surface area (Å²) in [6.07, 6.45) is 0. The number of hydrogen-bond acceptors (Lipinski definition) is 7. The van der Waals surface area contributed by atoms with Crippen molar-refractivity contribution in [1.29, 1.82) is 5.41 Å². The fraction of sp³-hybridized carbons (Fsp3) is 0.214. The van der Waals surface area contributed by atoms with Crippen molar-refractivity contribution in [2.45, 2.75) is 0 Å². The summed E-state index contributed by atoms with van der Waals surface area (Å²) in [5.74, 6) is 1.52. The van der Waals surface area contributed by atoms with E-state index in [4.69, 9.17) is 31.8 Å². The van der Waals surface area contributed by atoms with Crippen molar-refractivity contribution in [2.75, 3.05) is 21.3 Å². The number of thiocarbonyl (C=S) groups is 1. The van der Waals surface area contributed by atoms with Crippen LogP contribution in [0.3, 0.4) is 0 Å². The van der Waals surface area contributed by atoms with Crippen LogP contribution in [0.4, 0.5) is 4.79 Å². The number of fused-ring (bicyclic) bond motifs is 1. The zero-order valence-corrected chi connectivity index (χ0v) is 14.2. The van der Waals surface area contributed by atoms with Gasteiger partial charge in [0, 0.05) is 6.07 Å². The van der Waals surface area contributed by atoms with Gasteiger partial charge >= 0.3 is 0 Å². The van der Waals surface area contributed by atoms with Crippen LogP contribution in [0.15, 0.2) is 11.0 Å². The molecule has 0 bridgehead atoms. The van der Waals surface area contributed by atoms with Gasteiger partial charge in [0.15, 0.2) is 11.5 Å². The molecule has 1 fully saturated rings. The first-order chi connectivity index (χ1) is 11.0. The van der Waals surface area contributed by atoms with E-state index in [1.165, 1.54) is 21.3 Å². The normalized spacial score (nSPS) is 19.3. The Morgan fingerprint density at radius 2 is 1.78 bits per heavy atom. The topological polar surface area (TPSA) is 92.7 Å². The third-order valence-electron chi connectivity index (χ3n) is 3.45. The molecule has 0 saturated carbocycles. The molecule has 1 aromatic rings. The summed E-state index contributed by atoms with van der Waals surface area (Å²) in [5.41, 5.74) is 1.66. The lowest BCUT2D eigenvalue weighted by Gasteiger charge is -2.15. The van der Waals surface area contributed by atoms with E-state index in [-0.39, 0.29) is 11.1 Å². The highest BCUT2D eigenvalue weighted by atomic mass is 32.2. The Hall–Kier alpha value is -2.26. The van der Waals surface area contributed by atoms with Crippen LogP contribution in [0.5, 0.6) is 17.2 Å². The summed E-state index contributed by atoms with van der Waals surface area (Å²) in [7, 11) is 4.54. The molecule has 2 aliphatic rings. The van der Waals surface area contributed by atoms with Gasteiger partial charge < -0.3 is 24.8 Å². The fourth-order valence-corrected chi connectivity index (χ4v) is 3.64. The molecule has 0 unspecified atom stereocenters. The quantitative estimate of drug-likeness (QED) is 0.567. The molecule has 9 heteroatoms. The Morgan fingerprint density at radius 1 is 1.09 bits per heavy atom. The van der Waals surface area contributed by atoms with Crippen molar-refractivity contribution in [2.24, 2.45) is 0 Å². The van der Waals surface area contributed by atoms with Crippen molar-refractivity contribution in [1.82, 2.24) is 10.6 Å². The molecule has 1 saturated heterocycles. The Balaban J connectivity index is 2.35. The second-order valence-electron chi connectivity index (χ2n) is 4.61. The summed E-state index contributed by atoms with van der Waals surface area (Å²) < 4.78 is 16.2. The number of thioether (sulfide) groups is 1. The van der Waals surface area contributed by atoms with Crippen molar-refractivity contribution in [3.63, 3.8) is 0 Å². The van der Waals surface area contributed by atoms with Gasteiger partial charge in [0.25, 0.3) is 5.24 Å². The predicted molar refractivity (Wildman–Crippen MR) is 91.7 cm³/mol. The smallest absolute Gasteiger partial charge is 0.289 e. The van der Waals surface area contributed by atoms with Crippen LogP contribution in [0, 0.1) is 5.41 Å². The van der Waals surface area contributed by atoms with Crippen molar-refractivity contribution < 1.29 is 19.0 Å². The van der Waals surface area contributed by atoms with E-state index < -0.39 is 0 Å². The van der Waals surface area contributed by atoms with E-state index in [1.807, 2.05) is 0 Å². The molecule has 0 atom stereocenters. The monoisotopic (exact) mass is 351 g/mol. The van der Waals surface area contributed by atoms with E-state index in [9.17, 15) is 4.79 Å². The summed E-state index contributed by atoms with van der Waals surface area (Å²) in [4.78, 5) is 12.4. The van der Waals surface area contributed by atoms with Gasteiger partial charge in [-0.25, -0.2) is 0 Å². The Labute approximate surface area is 141 Å². The number of methoxy groups -OCH3 is 3. The van der Waals surface area contributed by atoms with Gasteiger partial charge in [0.05, 0.1) is 43.1 Å². The molecule has 1 aromatic carbocycles. The Bertz CT molecular complexity index is 789. The number of nitrogens with one attached hydrogen (secondary N) is 3. The minimum Gasteiger partial charge on any atom is -0.496 e. The largest absolute Gasteiger partial charge is 0.496 e. The highest BCUT2D eigenvalue weighted by Crippen LogP contribution is 2.47. The number of rotatable bonds is 3. The number of carbonyl (C=O) groups is 1. The highest BCUT2D eigenvalue weighted by Gasteiger charge is 2.36. The number of carbonyl (C=O) groups excluding carboxylic acids is 1. The first-order valence-electron chi connectivity index (χ1n) is 6.48. The number of amidine groups is 1. The summed E-state index contributed by atoms with van der Waals surface area (Å²) in [5, 5.41) is 13.5. The fourth-order valence-electron chi connectivity index (χ4n) is 2.52. The Kier molecular flexibility index (Phi) is 3.90. The van der Waals surface area contributed by atoms with Crippen LogP contribution in [-0.2, 0) is 0 Å². The molecule has 0 spiro atoms. The van der Waals surface area contributed by atoms with E-state index in [0.29, 0.717) is 44.0 Å². The minimum atomic E-state index is -0.256.